The second kappa shape index (κ2) is 26.7. The van der Waals surface area contributed by atoms with Crippen molar-refractivity contribution < 1.29 is 163 Å². The first-order chi connectivity index (χ1) is 45.1. The van der Waals surface area contributed by atoms with Gasteiger partial charge in [-0.15, -0.1) is 0 Å². The molecule has 0 radical (unpaired) electrons. The quantitative estimate of drug-likeness (QED) is 0.0388. The van der Waals surface area contributed by atoms with Crippen molar-refractivity contribution in [3.63, 3.8) is 0 Å². The summed E-state index contributed by atoms with van der Waals surface area (Å²) in [6, 6.07) is 0. The molecule has 0 amide bonds. The molecule has 7 aliphatic heterocycles. The van der Waals surface area contributed by atoms with E-state index in [1.165, 1.54) is 6.92 Å². The summed E-state index contributed by atoms with van der Waals surface area (Å²) in [5, 5.41) is 197. The summed E-state index contributed by atoms with van der Waals surface area (Å²) in [6.07, 6.45) is -41.8. The van der Waals surface area contributed by atoms with Crippen LogP contribution in [0.25, 0.3) is 0 Å². The second-order valence-corrected chi connectivity index (χ2v) is 30.7. The Bertz CT molecular complexity index is 2820. The lowest BCUT2D eigenvalue weighted by Crippen LogP contribution is -2.70. The summed E-state index contributed by atoms with van der Waals surface area (Å²) in [6.45, 7) is 7.24. The predicted molar refractivity (Wildman–Crippen MR) is 311 cm³/mol. The van der Waals surface area contributed by atoms with E-state index in [9.17, 15) is 96.7 Å². The van der Waals surface area contributed by atoms with Crippen molar-refractivity contribution in [1.29, 1.82) is 0 Å². The minimum absolute atomic E-state index is 0.0544. The van der Waals surface area contributed by atoms with E-state index in [4.69, 9.17) is 61.6 Å². The van der Waals surface area contributed by atoms with Crippen LogP contribution in [0.2, 0.25) is 0 Å². The number of hydrogen-bond donors (Lipinski definition) is 18. The number of carbonyl (C=O) groups is 2. The van der Waals surface area contributed by atoms with Gasteiger partial charge in [0.2, 0.25) is 6.29 Å². The third-order valence-electron chi connectivity index (χ3n) is 24.9. The van der Waals surface area contributed by atoms with Gasteiger partial charge in [-0.2, -0.15) is 0 Å². The lowest BCUT2D eigenvalue weighted by atomic mass is 9.33. The largest absolute Gasteiger partial charge is 0.459 e. The zero-order valence-corrected chi connectivity index (χ0v) is 54.3. The molecule has 0 aromatic carbocycles. The van der Waals surface area contributed by atoms with Gasteiger partial charge in [0, 0.05) is 0 Å². The zero-order chi connectivity index (χ0) is 69.6. The van der Waals surface area contributed by atoms with Gasteiger partial charge in [-0.25, -0.2) is 0 Å². The predicted octanol–water partition coefficient (Wildman–Crippen LogP) is -6.98. The molecular formula is C63H98O33. The number of aliphatic hydroxyl groups excluding tert-OH is 17. The molecule has 33 heteroatoms. The number of rotatable bonds is 16. The van der Waals surface area contributed by atoms with E-state index in [1.54, 1.807) is 0 Å². The molecule has 12 rings (SSSR count). The van der Waals surface area contributed by atoms with Crippen LogP contribution in [0.15, 0.2) is 11.6 Å². The van der Waals surface area contributed by atoms with Crippen LogP contribution in [0.5, 0.6) is 0 Å². The van der Waals surface area contributed by atoms with Crippen molar-refractivity contribution >= 4 is 11.9 Å². The average Bonchev–Trinajstić information content (AvgIpc) is 1.13. The Kier molecular flexibility index (Phi) is 20.3. The minimum Gasteiger partial charge on any atom is -0.459 e. The Morgan fingerprint density at radius 1 is 0.594 bits per heavy atom. The van der Waals surface area contributed by atoms with Gasteiger partial charge >= 0.3 is 11.9 Å². The molecule has 0 spiro atoms. The smallest absolute Gasteiger partial charge is 0.317 e. The van der Waals surface area contributed by atoms with E-state index in [0.717, 1.165) is 5.57 Å². The Labute approximate surface area is 552 Å². The molecule has 37 atom stereocenters. The van der Waals surface area contributed by atoms with Crippen LogP contribution >= 0.6 is 0 Å². The van der Waals surface area contributed by atoms with E-state index in [-0.39, 0.29) is 30.6 Å². The number of esters is 2. The molecule has 4 saturated carbocycles. The Hall–Kier alpha value is -2.48. The molecule has 33 nitrogen and oxygen atoms in total. The molecule has 548 valence electrons. The number of hydrogen-bond acceptors (Lipinski definition) is 33. The molecule has 18 N–H and O–H groups in total. The van der Waals surface area contributed by atoms with Crippen molar-refractivity contribution in [2.75, 3.05) is 46.2 Å². The highest BCUT2D eigenvalue weighted by Gasteiger charge is 2.78. The minimum atomic E-state index is -2.09. The normalized spacial score (nSPS) is 55.4. The molecule has 5 aliphatic carbocycles. The topological polar surface area (TPSA) is 518 Å². The molecule has 7 saturated heterocycles. The van der Waals surface area contributed by atoms with Crippen LogP contribution < -0.4 is 0 Å². The Morgan fingerprint density at radius 2 is 1.22 bits per heavy atom. The molecule has 2 bridgehead atoms. The van der Waals surface area contributed by atoms with Crippen LogP contribution in [0.4, 0.5) is 0 Å². The number of fused-ring (bicyclic) bond motifs is 10. The van der Waals surface area contributed by atoms with E-state index < -0.39 is 275 Å². The van der Waals surface area contributed by atoms with E-state index in [0.29, 0.717) is 32.1 Å². The maximum absolute atomic E-state index is 15.6. The van der Waals surface area contributed by atoms with Crippen LogP contribution in [-0.4, -0.2) is 328 Å². The fourth-order valence-electron chi connectivity index (χ4n) is 19.0. The third-order valence-corrected chi connectivity index (χ3v) is 24.9. The number of ether oxygens (including phenoxy) is 13. The zero-order valence-electron chi connectivity index (χ0n) is 54.3. The molecule has 96 heavy (non-hydrogen) atoms. The first-order valence-electron chi connectivity index (χ1n) is 33.4. The highest BCUT2D eigenvalue weighted by atomic mass is 16.8. The van der Waals surface area contributed by atoms with Crippen molar-refractivity contribution in [2.24, 2.45) is 50.2 Å². The van der Waals surface area contributed by atoms with E-state index in [2.05, 4.69) is 40.7 Å². The first kappa shape index (κ1) is 73.3. The third kappa shape index (κ3) is 11.6. The molecule has 12 aliphatic rings. The molecule has 7 heterocycles. The van der Waals surface area contributed by atoms with Gasteiger partial charge in [-0.1, -0.05) is 46.3 Å². The van der Waals surface area contributed by atoms with Crippen LogP contribution in [0.3, 0.4) is 0 Å². The summed E-state index contributed by atoms with van der Waals surface area (Å²) in [5.41, 5.74) is -7.22. The van der Waals surface area contributed by atoms with Crippen molar-refractivity contribution in [3.8, 4) is 0 Å². The van der Waals surface area contributed by atoms with E-state index in [1.807, 2.05) is 0 Å². The lowest BCUT2D eigenvalue weighted by molar-refractivity contribution is -0.372. The maximum Gasteiger partial charge on any atom is 0.317 e. The van der Waals surface area contributed by atoms with Gasteiger partial charge in [-0.05, 0) is 97.7 Å². The first-order valence-corrected chi connectivity index (χ1v) is 33.4. The van der Waals surface area contributed by atoms with Crippen molar-refractivity contribution in [1.82, 2.24) is 0 Å². The van der Waals surface area contributed by atoms with Gasteiger partial charge in [0.25, 0.3) is 0 Å². The summed E-state index contributed by atoms with van der Waals surface area (Å²) in [4.78, 5) is 30.1. The molecule has 11 fully saturated rings. The van der Waals surface area contributed by atoms with Crippen molar-refractivity contribution in [2.45, 2.75) is 271 Å². The van der Waals surface area contributed by atoms with Gasteiger partial charge < -0.3 is 153 Å². The summed E-state index contributed by atoms with van der Waals surface area (Å²) < 4.78 is 76.4. The van der Waals surface area contributed by atoms with E-state index >= 15 is 4.79 Å². The van der Waals surface area contributed by atoms with Gasteiger partial charge in [0.1, 0.15) is 132 Å². The second-order valence-electron chi connectivity index (χ2n) is 30.7. The standard InChI is InChI=1S/C63H98O33/c1-23-44(92-50-43(79)45(27(68)18-84-50)93-54-47(80)61(83,20-65)22-87-54)39(75)42(78)51(88-23)94-46-34(70)26(67)17-85-53(46)96-55(81)62-12-11-57(2,3)13-25(62)24-7-8-31-58(4)14-28-48(63(21-66,56(82)91-28)32(58)9-10-59(31,5)60(24,6)15-33(62)69)95-52-41(77)38(74)36(72)30(90-52)19-86-49-40(76)37(73)35(71)29(16-64)89-49/h7,23,25-54,64-80,83H,8-22H2,1-6H3/t23-,25-,26-,27+,28-,29+,30+,31+,32+,33+,34-,35?,36+,37?,38-,39-,40?,41+,42+,43+,44-,45-,46+,47-,48-,49+,50-,51-,52-,53-,54-,58+,59+,60+,61+,62+,63-/m0/s1. The fraction of sp³-hybridized carbons (Fsp3) is 0.937. The highest BCUT2D eigenvalue weighted by molar-refractivity contribution is 5.82. The number of aliphatic hydroxyl groups is 18. The summed E-state index contributed by atoms with van der Waals surface area (Å²) in [7, 11) is 0. The van der Waals surface area contributed by atoms with Gasteiger partial charge in [-0.3, -0.25) is 9.59 Å². The molecule has 0 aromatic heterocycles. The Morgan fingerprint density at radius 3 is 1.90 bits per heavy atom. The van der Waals surface area contributed by atoms with Gasteiger partial charge in [0.05, 0.1) is 58.5 Å². The Balaban J connectivity index is 0.747. The highest BCUT2D eigenvalue weighted by Crippen LogP contribution is 2.77. The number of carbonyl (C=O) groups excluding carboxylic acids is 2. The molecule has 3 unspecified atom stereocenters. The van der Waals surface area contributed by atoms with Crippen LogP contribution in [-0.2, 0) is 71.2 Å². The van der Waals surface area contributed by atoms with Crippen LogP contribution in [0, 0.1) is 50.2 Å². The molecular weight excluding hydrogens is 1280 g/mol. The SMILES string of the molecule is C[C@@H]1O[C@@H](O[C@H]2[C@H](OC(=O)[C@]34CCC(C)(C)C[C@H]3C3=CC[C@@H]5[C@@]6(C)C[C@@H]7OC(=O)[C@@](CO)([C@@H]6CC[C@@]5(C)[C@]3(C)C[C@H]4O)[C@H]7O[C@@H]3O[C@H](CO[C@@H]4O[C@H](CO)C(O)C(O)C4O)[C@@H](O)[C@H](O)[C@H]3O)OC[C@H](O)[C@@H]2O)[C@H](O)[C@H](O)[C@H]1O[C@@H]1OC[C@@H](O)[C@H](O[C@@H]2OC[C@](O)(CO)[C@H]2O)[C@H]1O. The molecule has 0 aromatic rings. The maximum atomic E-state index is 15.6. The summed E-state index contributed by atoms with van der Waals surface area (Å²) >= 11 is 0. The average molecular weight is 1380 g/mol. The lowest BCUT2D eigenvalue weighted by Gasteiger charge is -2.71. The fourth-order valence-corrected chi connectivity index (χ4v) is 19.0. The van der Waals surface area contributed by atoms with Crippen molar-refractivity contribution in [3.05, 3.63) is 11.6 Å². The monoisotopic (exact) mass is 1380 g/mol. The van der Waals surface area contributed by atoms with Gasteiger partial charge in [0.15, 0.2) is 37.6 Å². The number of allylic oxidation sites excluding steroid dienone is 2. The summed E-state index contributed by atoms with van der Waals surface area (Å²) in [5.74, 6) is -3.17. The van der Waals surface area contributed by atoms with Crippen LogP contribution in [0.1, 0.15) is 92.9 Å².